The summed E-state index contributed by atoms with van der Waals surface area (Å²) in [7, 11) is 6.01. The van der Waals surface area contributed by atoms with E-state index < -0.39 is 0 Å². The molecule has 1 N–H and O–H groups in total. The van der Waals surface area contributed by atoms with E-state index in [1.807, 2.05) is 26.1 Å². The first-order valence-corrected chi connectivity index (χ1v) is 11.8. The second kappa shape index (κ2) is 14.0. The normalized spacial score (nSPS) is 14.8. The molecule has 178 valence electrons. The summed E-state index contributed by atoms with van der Waals surface area (Å²) in [5.41, 5.74) is 2.23. The highest BCUT2D eigenvalue weighted by atomic mass is 127. The number of ether oxygens (including phenoxy) is 2. The quantitative estimate of drug-likeness (QED) is 0.280. The van der Waals surface area contributed by atoms with Crippen LogP contribution in [-0.2, 0) is 17.8 Å². The summed E-state index contributed by atoms with van der Waals surface area (Å²) in [4.78, 5) is 13.4. The number of thiazole rings is 1. The number of likely N-dealkylation sites (N-methyl/N-ethyl adjacent to an activating group) is 1. The van der Waals surface area contributed by atoms with Crippen LogP contribution in [0, 0.1) is 6.92 Å². The number of aryl methyl sites for hydroxylation is 1. The van der Waals surface area contributed by atoms with Crippen molar-refractivity contribution in [3.8, 4) is 5.75 Å². The molecule has 0 atom stereocenters. The van der Waals surface area contributed by atoms with Crippen molar-refractivity contribution in [2.45, 2.75) is 38.9 Å². The lowest BCUT2D eigenvalue weighted by Crippen LogP contribution is -2.38. The van der Waals surface area contributed by atoms with Gasteiger partial charge in [-0.05, 0) is 44.5 Å². The van der Waals surface area contributed by atoms with E-state index in [1.165, 1.54) is 0 Å². The van der Waals surface area contributed by atoms with E-state index in [0.717, 1.165) is 67.1 Å². The second-order valence-electron chi connectivity index (χ2n) is 7.93. The van der Waals surface area contributed by atoms with Crippen molar-refractivity contribution in [2.75, 3.05) is 47.5 Å². The molecule has 3 rings (SSSR count). The Hall–Kier alpha value is -1.43. The summed E-state index contributed by atoms with van der Waals surface area (Å²) < 4.78 is 11.5. The minimum absolute atomic E-state index is 0. The molecular formula is C23H36IN5O2S. The average molecular weight is 574 g/mol. The summed E-state index contributed by atoms with van der Waals surface area (Å²) in [6.07, 6.45) is 2.21. The van der Waals surface area contributed by atoms with E-state index in [0.29, 0.717) is 19.2 Å². The molecular weight excluding hydrogens is 537 g/mol. The van der Waals surface area contributed by atoms with Crippen LogP contribution in [0.3, 0.4) is 0 Å². The van der Waals surface area contributed by atoms with Crippen molar-refractivity contribution in [2.24, 2.45) is 4.99 Å². The van der Waals surface area contributed by atoms with Crippen LogP contribution in [0.1, 0.15) is 29.1 Å². The first-order valence-electron chi connectivity index (χ1n) is 10.9. The predicted octanol–water partition coefficient (Wildman–Crippen LogP) is 3.77. The highest BCUT2D eigenvalue weighted by molar-refractivity contribution is 14.0. The van der Waals surface area contributed by atoms with Crippen LogP contribution in [0.5, 0.6) is 5.75 Å². The van der Waals surface area contributed by atoms with Crippen LogP contribution in [0.2, 0.25) is 0 Å². The molecule has 0 unspecified atom stereocenters. The van der Waals surface area contributed by atoms with Crippen LogP contribution in [0.15, 0.2) is 34.6 Å². The third-order valence-corrected chi connectivity index (χ3v) is 6.34. The fourth-order valence-corrected chi connectivity index (χ4v) is 4.33. The van der Waals surface area contributed by atoms with Crippen LogP contribution < -0.4 is 10.1 Å². The van der Waals surface area contributed by atoms with Gasteiger partial charge in [-0.2, -0.15) is 0 Å². The summed E-state index contributed by atoms with van der Waals surface area (Å²) in [6, 6.07) is 8.86. The highest BCUT2D eigenvalue weighted by Crippen LogP contribution is 2.15. The molecule has 1 aromatic heterocycles. The maximum Gasteiger partial charge on any atom is 0.194 e. The molecule has 0 radical (unpaired) electrons. The number of hydrogen-bond donors (Lipinski definition) is 1. The van der Waals surface area contributed by atoms with Crippen molar-refractivity contribution in [1.82, 2.24) is 20.1 Å². The number of halogens is 1. The van der Waals surface area contributed by atoms with Crippen molar-refractivity contribution in [1.29, 1.82) is 0 Å². The Labute approximate surface area is 213 Å². The van der Waals surface area contributed by atoms with Gasteiger partial charge in [0.05, 0.1) is 17.2 Å². The molecule has 7 nitrogen and oxygen atoms in total. The largest absolute Gasteiger partial charge is 0.492 e. The minimum Gasteiger partial charge on any atom is -0.492 e. The lowest BCUT2D eigenvalue weighted by molar-refractivity contribution is 0.0392. The van der Waals surface area contributed by atoms with Crippen molar-refractivity contribution in [3.63, 3.8) is 0 Å². The number of guanidine groups is 1. The van der Waals surface area contributed by atoms with Gasteiger partial charge >= 0.3 is 0 Å². The molecule has 0 amide bonds. The first kappa shape index (κ1) is 26.8. The Morgan fingerprint density at radius 2 is 2.09 bits per heavy atom. The van der Waals surface area contributed by atoms with E-state index in [1.54, 1.807) is 18.4 Å². The van der Waals surface area contributed by atoms with Gasteiger partial charge in [0.1, 0.15) is 12.4 Å². The van der Waals surface area contributed by atoms with Crippen LogP contribution in [0.25, 0.3) is 0 Å². The number of benzene rings is 1. The maximum atomic E-state index is 6.02. The number of aromatic nitrogens is 1. The Morgan fingerprint density at radius 3 is 2.78 bits per heavy atom. The zero-order chi connectivity index (χ0) is 22.1. The predicted molar refractivity (Wildman–Crippen MR) is 142 cm³/mol. The van der Waals surface area contributed by atoms with Gasteiger partial charge in [-0.25, -0.2) is 4.98 Å². The molecule has 0 aliphatic carbocycles. The molecule has 0 spiro atoms. The van der Waals surface area contributed by atoms with Crippen LogP contribution in [0.4, 0.5) is 0 Å². The summed E-state index contributed by atoms with van der Waals surface area (Å²) >= 11 is 1.67. The van der Waals surface area contributed by atoms with Crippen LogP contribution >= 0.6 is 35.3 Å². The fourth-order valence-electron chi connectivity index (χ4n) is 3.73. The van der Waals surface area contributed by atoms with Crippen molar-refractivity contribution < 1.29 is 9.47 Å². The molecule has 1 aromatic carbocycles. The highest BCUT2D eigenvalue weighted by Gasteiger charge is 2.18. The molecule has 0 bridgehead atoms. The molecule has 2 aromatic rings. The zero-order valence-electron chi connectivity index (χ0n) is 19.5. The smallest absolute Gasteiger partial charge is 0.194 e. The van der Waals surface area contributed by atoms with Gasteiger partial charge < -0.3 is 19.7 Å². The van der Waals surface area contributed by atoms with Gasteiger partial charge in [0, 0.05) is 51.8 Å². The van der Waals surface area contributed by atoms with E-state index >= 15 is 0 Å². The molecule has 1 saturated heterocycles. The summed E-state index contributed by atoms with van der Waals surface area (Å²) in [5, 5.41) is 6.61. The number of rotatable bonds is 9. The topological polar surface area (TPSA) is 62.2 Å². The molecule has 0 saturated carbocycles. The molecule has 1 aliphatic rings. The summed E-state index contributed by atoms with van der Waals surface area (Å²) in [6.45, 7) is 6.78. The lowest BCUT2D eigenvalue weighted by atomic mass is 10.1. The lowest BCUT2D eigenvalue weighted by Gasteiger charge is -2.31. The molecule has 1 aliphatic heterocycles. The van der Waals surface area contributed by atoms with E-state index in [2.05, 4.69) is 49.7 Å². The van der Waals surface area contributed by atoms with E-state index in [4.69, 9.17) is 9.47 Å². The fraction of sp³-hybridized carbons (Fsp3) is 0.565. The SMILES string of the molecule is CN=C(NCc1cccc(OCCN(C)C2CCOCC2)c1)N(C)Cc1csc(C)n1.I. The Morgan fingerprint density at radius 1 is 1.31 bits per heavy atom. The Kier molecular flexibility index (Phi) is 11.7. The number of hydrogen-bond acceptors (Lipinski definition) is 6. The number of aliphatic imine (C=N–C) groups is 1. The molecule has 9 heteroatoms. The van der Waals surface area contributed by atoms with E-state index in [9.17, 15) is 0 Å². The van der Waals surface area contributed by atoms with Gasteiger partial charge in [-0.1, -0.05) is 12.1 Å². The standard InChI is InChI=1S/C23H35N5O2S.HI/c1-18-26-20(17-31-18)16-28(4)23(24-2)25-15-19-6-5-7-22(14-19)30-13-10-27(3)21-8-11-29-12-9-21;/h5-7,14,17,21H,8-13,15-16H2,1-4H3,(H,24,25);1H. The van der Waals surface area contributed by atoms with Crippen molar-refractivity contribution in [3.05, 3.63) is 45.9 Å². The Bertz CT molecular complexity index is 841. The van der Waals surface area contributed by atoms with Gasteiger partial charge in [0.2, 0.25) is 0 Å². The van der Waals surface area contributed by atoms with Gasteiger partial charge in [0.25, 0.3) is 0 Å². The first-order chi connectivity index (χ1) is 15.0. The molecule has 1 fully saturated rings. The number of nitrogens with one attached hydrogen (secondary N) is 1. The van der Waals surface area contributed by atoms with E-state index in [-0.39, 0.29) is 24.0 Å². The van der Waals surface area contributed by atoms with Crippen molar-refractivity contribution >= 4 is 41.3 Å². The Balaban J connectivity index is 0.00000363. The van der Waals surface area contributed by atoms with Gasteiger partial charge in [-0.15, -0.1) is 35.3 Å². The van der Waals surface area contributed by atoms with Crippen LogP contribution in [-0.4, -0.2) is 74.3 Å². The summed E-state index contributed by atoms with van der Waals surface area (Å²) in [5.74, 6) is 1.75. The zero-order valence-corrected chi connectivity index (χ0v) is 22.7. The second-order valence-corrected chi connectivity index (χ2v) is 9.00. The monoisotopic (exact) mass is 573 g/mol. The molecule has 32 heavy (non-hydrogen) atoms. The molecule has 2 heterocycles. The maximum absolute atomic E-state index is 6.02. The number of nitrogens with zero attached hydrogens (tertiary/aromatic N) is 4. The third kappa shape index (κ3) is 8.49. The average Bonchev–Trinajstić information content (AvgIpc) is 3.19. The van der Waals surface area contributed by atoms with Gasteiger partial charge in [0.15, 0.2) is 5.96 Å². The van der Waals surface area contributed by atoms with Gasteiger partial charge in [-0.3, -0.25) is 9.89 Å². The minimum atomic E-state index is 0. The third-order valence-electron chi connectivity index (χ3n) is 5.52.